The zero-order valence-corrected chi connectivity index (χ0v) is 48.7. The molecule has 6 aromatic carbocycles. The van der Waals surface area contributed by atoms with E-state index < -0.39 is 42.1 Å². The Balaban J connectivity index is 0.000000299. The van der Waals surface area contributed by atoms with Gasteiger partial charge in [0.1, 0.15) is 22.5 Å². The first-order chi connectivity index (χ1) is 35.6. The number of carboxylic acid groups (broad SMARTS) is 4. The molecular weight excluding hydrogens is 1030 g/mol. The van der Waals surface area contributed by atoms with Crippen LogP contribution in [0.2, 0.25) is 0 Å². The molecule has 21 heteroatoms. The van der Waals surface area contributed by atoms with E-state index in [4.69, 9.17) is 24.5 Å². The van der Waals surface area contributed by atoms with E-state index in [1.807, 2.05) is 97.1 Å². The van der Waals surface area contributed by atoms with E-state index in [1.54, 1.807) is 62.8 Å². The fraction of sp³-hybridized carbons (Fsp3) is 0.255. The second kappa shape index (κ2) is 31.6. The van der Waals surface area contributed by atoms with E-state index >= 15 is 0 Å². The van der Waals surface area contributed by atoms with Crippen LogP contribution in [-0.4, -0.2) is 94.9 Å². The summed E-state index contributed by atoms with van der Waals surface area (Å²) in [5, 5.41) is 74.0. The Hall–Kier alpha value is -5.54. The number of fused-ring (bicyclic) bond motifs is 2. The molecule has 2 aromatic heterocycles. The van der Waals surface area contributed by atoms with Gasteiger partial charge in [0, 0.05) is 13.1 Å². The van der Waals surface area contributed by atoms with Crippen LogP contribution in [0.15, 0.2) is 155 Å². The van der Waals surface area contributed by atoms with Gasteiger partial charge in [0.05, 0.1) is 49.0 Å². The number of aromatic nitrogens is 6. The first-order valence-corrected chi connectivity index (χ1v) is 23.5. The molecular formula is C55H54K2N6O13. The number of carbonyl (C=O) groups is 3. The number of ether oxygens (including phenoxy) is 2. The number of benzene rings is 6. The maximum Gasteiger partial charge on any atom is 1.00 e. The number of hydrogen-bond donors (Lipinski definition) is 4. The molecule has 384 valence electrons. The number of hydrogen-bond acceptors (Lipinski definition) is 15. The zero-order chi connectivity index (χ0) is 53.1. The molecule has 0 amide bonds. The van der Waals surface area contributed by atoms with Crippen LogP contribution in [0.3, 0.4) is 0 Å². The number of aliphatic hydroxyl groups excluding tert-OH is 2. The number of nitrogens with zero attached hydrogens (tertiary/aromatic N) is 6. The Labute approximate surface area is 522 Å². The van der Waals surface area contributed by atoms with Crippen molar-refractivity contribution in [2.75, 3.05) is 14.2 Å². The molecule has 4 N–H and O–H groups in total. The summed E-state index contributed by atoms with van der Waals surface area (Å²) in [5.41, 5.74) is 6.57. The standard InChI is InChI=1S/2C27H27N3O5.CH2O3.2K/c2*1-35-21-13-11-20(12-14-21)19-9-6-18(7-10-19)8-15-25(31)23(27(33)34)16-17-30-26(32)22-4-2-3-5-24(22)28-29-30;2-1(3)4;;/h2*2-7,9-14,23,25,31H,8,15-17H2,1H3,(H,33,34);(H2,2,3,4);;/q;;;2*+1/p-2/t2*23-,25-;;;/m00.../s1. The average molecular weight is 1090 g/mol. The van der Waals surface area contributed by atoms with Gasteiger partial charge in [0.15, 0.2) is 0 Å². The van der Waals surface area contributed by atoms with Gasteiger partial charge >= 0.3 is 115 Å². The molecule has 0 radical (unpaired) electrons. The maximum absolute atomic E-state index is 12.6. The van der Waals surface area contributed by atoms with Gasteiger partial charge in [0.25, 0.3) is 11.1 Å². The first-order valence-electron chi connectivity index (χ1n) is 23.5. The molecule has 19 nitrogen and oxygen atoms in total. The largest absolute Gasteiger partial charge is 1.00 e. The molecule has 0 aliphatic heterocycles. The molecule has 8 aromatic rings. The van der Waals surface area contributed by atoms with Crippen molar-refractivity contribution in [3.05, 3.63) is 177 Å². The monoisotopic (exact) mass is 1080 g/mol. The quantitative estimate of drug-likeness (QED) is 0.0643. The Bertz CT molecular complexity index is 3040. The van der Waals surface area contributed by atoms with Gasteiger partial charge in [-0.3, -0.25) is 19.2 Å². The zero-order valence-electron chi connectivity index (χ0n) is 42.5. The molecule has 0 aliphatic carbocycles. The van der Waals surface area contributed by atoms with Crippen LogP contribution in [0.25, 0.3) is 44.1 Å². The van der Waals surface area contributed by atoms with Crippen LogP contribution >= 0.6 is 0 Å². The summed E-state index contributed by atoms with van der Waals surface area (Å²) in [6, 6.07) is 45.2. The van der Waals surface area contributed by atoms with E-state index in [0.717, 1.165) is 54.2 Å². The van der Waals surface area contributed by atoms with Crippen LogP contribution in [0.5, 0.6) is 11.5 Å². The van der Waals surface area contributed by atoms with Crippen molar-refractivity contribution in [3.63, 3.8) is 0 Å². The smallest absolute Gasteiger partial charge is 0.652 e. The number of carboxylic acids is 2. The van der Waals surface area contributed by atoms with Gasteiger partial charge in [-0.05, 0) is 127 Å². The van der Waals surface area contributed by atoms with Gasteiger partial charge in [0.2, 0.25) is 0 Å². The van der Waals surface area contributed by atoms with Crippen LogP contribution in [0.4, 0.5) is 4.79 Å². The molecule has 0 spiro atoms. The van der Waals surface area contributed by atoms with E-state index in [2.05, 4.69) is 20.6 Å². The van der Waals surface area contributed by atoms with E-state index in [-0.39, 0.29) is 153 Å². The molecule has 0 aliphatic rings. The minimum Gasteiger partial charge on any atom is -0.652 e. The third-order valence-electron chi connectivity index (χ3n) is 12.3. The molecule has 2 heterocycles. The Morgan fingerprint density at radius 3 is 1.11 bits per heavy atom. The van der Waals surface area contributed by atoms with E-state index in [9.17, 15) is 39.6 Å². The van der Waals surface area contributed by atoms with Crippen molar-refractivity contribution in [2.24, 2.45) is 11.8 Å². The van der Waals surface area contributed by atoms with Crippen molar-refractivity contribution in [1.29, 1.82) is 0 Å². The first kappa shape index (κ1) is 63.0. The number of aryl methyl sites for hydroxylation is 4. The number of rotatable bonds is 20. The molecule has 8 rings (SSSR count). The Kier molecular flexibility index (Phi) is 26.2. The molecule has 0 unspecified atom stereocenters. The number of carbonyl (C=O) groups excluding carboxylic acids is 1. The minimum atomic E-state index is -2.33. The normalized spacial score (nSPS) is 12.2. The van der Waals surface area contributed by atoms with Gasteiger partial charge in [-0.25, -0.2) is 9.36 Å². The predicted molar refractivity (Wildman–Crippen MR) is 270 cm³/mol. The van der Waals surface area contributed by atoms with Crippen LogP contribution in [-0.2, 0) is 35.5 Å². The molecule has 4 atom stereocenters. The second-order valence-electron chi connectivity index (χ2n) is 17.0. The average Bonchev–Trinajstić information content (AvgIpc) is 3.41. The maximum atomic E-state index is 12.6. The van der Waals surface area contributed by atoms with Crippen molar-refractivity contribution in [2.45, 2.75) is 63.8 Å². The van der Waals surface area contributed by atoms with Gasteiger partial charge in [-0.2, -0.15) is 0 Å². The van der Waals surface area contributed by atoms with Crippen LogP contribution in [0.1, 0.15) is 36.8 Å². The van der Waals surface area contributed by atoms with Gasteiger partial charge in [-0.1, -0.05) is 107 Å². The third-order valence-corrected chi connectivity index (χ3v) is 12.3. The van der Waals surface area contributed by atoms with Gasteiger partial charge in [-0.15, -0.1) is 10.2 Å². The Morgan fingerprint density at radius 1 is 0.500 bits per heavy atom. The van der Waals surface area contributed by atoms with Crippen molar-refractivity contribution < 1.29 is 157 Å². The minimum absolute atomic E-state index is 0. The second-order valence-corrected chi connectivity index (χ2v) is 17.0. The fourth-order valence-corrected chi connectivity index (χ4v) is 8.15. The van der Waals surface area contributed by atoms with Crippen molar-refractivity contribution in [3.8, 4) is 33.8 Å². The predicted octanol–water partition coefficient (Wildman–Crippen LogP) is -1.34. The number of aliphatic carboxylic acids is 2. The topological polar surface area (TPSA) is 292 Å². The van der Waals surface area contributed by atoms with Crippen molar-refractivity contribution in [1.82, 2.24) is 30.0 Å². The number of aliphatic hydroxyl groups is 2. The molecule has 0 saturated heterocycles. The SMILES string of the molecule is COc1ccc(-c2ccc(CC[C@H](O)[C@H](CCn3nnc4ccccc4c3=O)C(=O)O)cc2)cc1.COc1ccc(-c2ccc(CC[C@H](O)[C@H](CCn3nnc4ccccc4c3=O)C(=O)O)cc2)cc1.O=C([O-])[O-].[K+].[K+]. The molecule has 76 heavy (non-hydrogen) atoms. The van der Waals surface area contributed by atoms with E-state index in [1.165, 1.54) is 0 Å². The summed E-state index contributed by atoms with van der Waals surface area (Å²) in [7, 11) is 3.26. The summed E-state index contributed by atoms with van der Waals surface area (Å²) < 4.78 is 12.7. The van der Waals surface area contributed by atoms with Crippen molar-refractivity contribution >= 4 is 39.9 Å². The molecule has 0 bridgehead atoms. The third kappa shape index (κ3) is 18.3. The summed E-state index contributed by atoms with van der Waals surface area (Å²) in [6.07, 6.45) is -2.67. The summed E-state index contributed by atoms with van der Waals surface area (Å²) in [5.74, 6) is -2.65. The van der Waals surface area contributed by atoms with Crippen LogP contribution < -0.4 is 134 Å². The summed E-state index contributed by atoms with van der Waals surface area (Å²) in [4.78, 5) is 57.2. The molecule has 0 fully saturated rings. The molecule has 0 saturated carbocycles. The Morgan fingerprint density at radius 2 is 0.803 bits per heavy atom. The summed E-state index contributed by atoms with van der Waals surface area (Å²) in [6.45, 7) is 0.114. The number of methoxy groups -OCH3 is 2. The van der Waals surface area contributed by atoms with Crippen LogP contribution in [0, 0.1) is 11.8 Å². The summed E-state index contributed by atoms with van der Waals surface area (Å²) >= 11 is 0. The van der Waals surface area contributed by atoms with Gasteiger partial charge < -0.3 is 44.9 Å². The van der Waals surface area contributed by atoms with E-state index in [0.29, 0.717) is 34.6 Å². The fourth-order valence-electron chi connectivity index (χ4n) is 8.15.